The standard InChI is InChI=1S/C11H17N5O3S2/c1-6(2)4-9-14-15-11(20-9)16-21(18,19)10-7(3)12-13-8(10)5-17/h6,17H,4-5H2,1-3H3,(H,12,13)(H,15,16). The van der Waals surface area contributed by atoms with Crippen LogP contribution in [0.1, 0.15) is 30.2 Å². The molecule has 2 aromatic rings. The van der Waals surface area contributed by atoms with Crippen LogP contribution in [0.25, 0.3) is 0 Å². The predicted molar refractivity (Wildman–Crippen MR) is 78.5 cm³/mol. The van der Waals surface area contributed by atoms with Crippen molar-refractivity contribution in [3.05, 3.63) is 16.4 Å². The largest absolute Gasteiger partial charge is 0.390 e. The Bertz CT molecular complexity index is 720. The van der Waals surface area contributed by atoms with Gasteiger partial charge in [0.1, 0.15) is 15.6 Å². The van der Waals surface area contributed by atoms with Gasteiger partial charge in [0.05, 0.1) is 12.3 Å². The van der Waals surface area contributed by atoms with E-state index in [1.54, 1.807) is 6.92 Å². The fourth-order valence-electron chi connectivity index (χ4n) is 1.83. The first kappa shape index (κ1) is 15.9. The zero-order valence-corrected chi connectivity index (χ0v) is 13.5. The lowest BCUT2D eigenvalue weighted by Gasteiger charge is -2.05. The molecule has 0 aliphatic heterocycles. The van der Waals surface area contributed by atoms with Crippen molar-refractivity contribution in [3.63, 3.8) is 0 Å². The molecule has 0 saturated carbocycles. The number of nitrogens with zero attached hydrogens (tertiary/aromatic N) is 3. The zero-order valence-electron chi connectivity index (χ0n) is 11.9. The molecule has 0 aromatic carbocycles. The van der Waals surface area contributed by atoms with E-state index in [-0.39, 0.29) is 15.7 Å². The van der Waals surface area contributed by atoms with Crippen LogP contribution in [-0.4, -0.2) is 33.9 Å². The average Bonchev–Trinajstić information content (AvgIpc) is 2.94. The van der Waals surface area contributed by atoms with Crippen LogP contribution in [0, 0.1) is 12.8 Å². The Balaban J connectivity index is 2.25. The van der Waals surface area contributed by atoms with Gasteiger partial charge in [-0.25, -0.2) is 8.42 Å². The van der Waals surface area contributed by atoms with E-state index in [0.29, 0.717) is 11.6 Å². The molecule has 2 heterocycles. The van der Waals surface area contributed by atoms with E-state index in [0.717, 1.165) is 11.4 Å². The third-order valence-electron chi connectivity index (χ3n) is 2.65. The highest BCUT2D eigenvalue weighted by atomic mass is 32.2. The third kappa shape index (κ3) is 3.57. The number of nitrogens with one attached hydrogen (secondary N) is 2. The van der Waals surface area contributed by atoms with Crippen molar-refractivity contribution >= 4 is 26.5 Å². The van der Waals surface area contributed by atoms with Gasteiger partial charge in [0.15, 0.2) is 0 Å². The summed E-state index contributed by atoms with van der Waals surface area (Å²) >= 11 is 1.20. The fraction of sp³-hybridized carbons (Fsp3) is 0.545. The van der Waals surface area contributed by atoms with Crippen LogP contribution in [0.5, 0.6) is 0 Å². The van der Waals surface area contributed by atoms with Gasteiger partial charge in [-0.05, 0) is 12.8 Å². The van der Waals surface area contributed by atoms with Crippen molar-refractivity contribution < 1.29 is 13.5 Å². The fourth-order valence-corrected chi connectivity index (χ4v) is 4.37. The van der Waals surface area contributed by atoms with Gasteiger partial charge < -0.3 is 5.11 Å². The van der Waals surface area contributed by atoms with Gasteiger partial charge in [-0.3, -0.25) is 9.82 Å². The van der Waals surface area contributed by atoms with Gasteiger partial charge in [-0.2, -0.15) is 5.10 Å². The first-order valence-corrected chi connectivity index (χ1v) is 8.63. The molecule has 0 radical (unpaired) electrons. The zero-order chi connectivity index (χ0) is 15.6. The Morgan fingerprint density at radius 1 is 1.38 bits per heavy atom. The number of hydrogen-bond acceptors (Lipinski definition) is 7. The molecule has 116 valence electrons. The summed E-state index contributed by atoms with van der Waals surface area (Å²) in [5.74, 6) is 0.416. The van der Waals surface area contributed by atoms with Gasteiger partial charge >= 0.3 is 0 Å². The van der Waals surface area contributed by atoms with Crippen LogP contribution in [0.3, 0.4) is 0 Å². The predicted octanol–water partition coefficient (Wildman–Crippen LogP) is 1.06. The Kier molecular flexibility index (Phi) is 4.59. The van der Waals surface area contributed by atoms with Gasteiger partial charge in [0.25, 0.3) is 10.0 Å². The maximum absolute atomic E-state index is 12.4. The Morgan fingerprint density at radius 2 is 2.10 bits per heavy atom. The smallest absolute Gasteiger partial charge is 0.267 e. The molecule has 2 aromatic heterocycles. The first-order chi connectivity index (χ1) is 9.83. The molecule has 0 amide bonds. The summed E-state index contributed by atoms with van der Waals surface area (Å²) in [5.41, 5.74) is 0.436. The molecule has 10 heteroatoms. The van der Waals surface area contributed by atoms with Crippen LogP contribution in [0.2, 0.25) is 0 Å². The van der Waals surface area contributed by atoms with E-state index < -0.39 is 16.6 Å². The second-order valence-corrected chi connectivity index (χ2v) is 7.67. The summed E-state index contributed by atoms with van der Waals surface area (Å²) in [6, 6.07) is 0. The lowest BCUT2D eigenvalue weighted by Crippen LogP contribution is -2.15. The lowest BCUT2D eigenvalue weighted by atomic mass is 10.1. The molecule has 0 atom stereocenters. The van der Waals surface area contributed by atoms with Crippen LogP contribution in [0.4, 0.5) is 5.13 Å². The maximum Gasteiger partial charge on any atom is 0.267 e. The van der Waals surface area contributed by atoms with Crippen molar-refractivity contribution in [1.82, 2.24) is 20.4 Å². The highest BCUT2D eigenvalue weighted by Crippen LogP contribution is 2.24. The van der Waals surface area contributed by atoms with Crippen molar-refractivity contribution in [1.29, 1.82) is 0 Å². The van der Waals surface area contributed by atoms with E-state index in [2.05, 4.69) is 25.1 Å². The first-order valence-electron chi connectivity index (χ1n) is 6.33. The highest BCUT2D eigenvalue weighted by molar-refractivity contribution is 7.93. The molecule has 8 nitrogen and oxygen atoms in total. The lowest BCUT2D eigenvalue weighted by molar-refractivity contribution is 0.273. The number of H-pyrrole nitrogens is 1. The second kappa shape index (κ2) is 6.08. The Morgan fingerprint density at radius 3 is 2.71 bits per heavy atom. The number of hydrogen-bond donors (Lipinski definition) is 3. The number of sulfonamides is 1. The number of aliphatic hydroxyl groups is 1. The molecule has 0 saturated heterocycles. The molecular formula is C11H17N5O3S2. The van der Waals surface area contributed by atoms with Crippen molar-refractivity contribution in [2.24, 2.45) is 5.92 Å². The summed E-state index contributed by atoms with van der Waals surface area (Å²) in [4.78, 5) is -0.0504. The minimum absolute atomic E-state index is 0.0504. The summed E-state index contributed by atoms with van der Waals surface area (Å²) in [7, 11) is -3.85. The molecule has 2 rings (SSSR count). The minimum atomic E-state index is -3.85. The van der Waals surface area contributed by atoms with Crippen LogP contribution >= 0.6 is 11.3 Å². The van der Waals surface area contributed by atoms with Crippen molar-refractivity contribution in [2.75, 3.05) is 4.72 Å². The molecule has 0 aliphatic carbocycles. The SMILES string of the molecule is Cc1[nH]nc(CO)c1S(=O)(=O)Nc1nnc(CC(C)C)s1. The van der Waals surface area contributed by atoms with Crippen LogP contribution in [0.15, 0.2) is 4.90 Å². The van der Waals surface area contributed by atoms with E-state index in [1.807, 2.05) is 13.8 Å². The molecular weight excluding hydrogens is 314 g/mol. The highest BCUT2D eigenvalue weighted by Gasteiger charge is 2.25. The molecule has 0 aliphatic rings. The van der Waals surface area contributed by atoms with Crippen LogP contribution < -0.4 is 4.72 Å². The Labute approximate surface area is 126 Å². The summed E-state index contributed by atoms with van der Waals surface area (Å²) < 4.78 is 27.1. The normalized spacial score (nSPS) is 12.0. The van der Waals surface area contributed by atoms with Crippen molar-refractivity contribution in [3.8, 4) is 0 Å². The van der Waals surface area contributed by atoms with Crippen molar-refractivity contribution in [2.45, 2.75) is 38.7 Å². The Hall–Kier alpha value is -1.52. The van der Waals surface area contributed by atoms with Gasteiger partial charge in [0, 0.05) is 6.42 Å². The maximum atomic E-state index is 12.4. The quantitative estimate of drug-likeness (QED) is 0.728. The number of anilines is 1. The molecule has 3 N–H and O–H groups in total. The van der Waals surface area contributed by atoms with Gasteiger partial charge in [-0.1, -0.05) is 25.2 Å². The van der Waals surface area contributed by atoms with E-state index >= 15 is 0 Å². The topological polar surface area (TPSA) is 121 Å². The molecule has 21 heavy (non-hydrogen) atoms. The second-order valence-electron chi connectivity index (χ2n) is 4.99. The third-order valence-corrected chi connectivity index (χ3v) is 5.18. The minimum Gasteiger partial charge on any atom is -0.390 e. The summed E-state index contributed by atoms with van der Waals surface area (Å²) in [6.07, 6.45) is 0.742. The number of aromatic nitrogens is 4. The molecule has 0 spiro atoms. The molecule has 0 fully saturated rings. The van der Waals surface area contributed by atoms with Gasteiger partial charge in [0.2, 0.25) is 5.13 Å². The van der Waals surface area contributed by atoms with E-state index in [9.17, 15) is 8.42 Å². The van der Waals surface area contributed by atoms with Crippen LogP contribution in [-0.2, 0) is 23.1 Å². The summed E-state index contributed by atoms with van der Waals surface area (Å²) in [5, 5.41) is 24.2. The van der Waals surface area contributed by atoms with E-state index in [1.165, 1.54) is 11.3 Å². The number of rotatable bonds is 6. The monoisotopic (exact) mass is 331 g/mol. The molecule has 0 unspecified atom stereocenters. The number of aromatic amines is 1. The average molecular weight is 331 g/mol. The molecule has 0 bridgehead atoms. The van der Waals surface area contributed by atoms with E-state index in [4.69, 9.17) is 5.11 Å². The number of aryl methyl sites for hydroxylation is 1. The van der Waals surface area contributed by atoms with Gasteiger partial charge in [-0.15, -0.1) is 10.2 Å². The number of aliphatic hydroxyl groups excluding tert-OH is 1. The summed E-state index contributed by atoms with van der Waals surface area (Å²) in [6.45, 7) is 5.21.